The molecule has 15 nitrogen and oxygen atoms in total. The van der Waals surface area contributed by atoms with Gasteiger partial charge in [-0.3, -0.25) is 34.2 Å². The Balaban J connectivity index is 1.06. The number of rotatable bonds is 33. The fourth-order valence-corrected chi connectivity index (χ4v) is 11.3. The molecule has 1 fully saturated rings. The number of halogens is 1. The van der Waals surface area contributed by atoms with Crippen LogP contribution in [0.25, 0.3) is 0 Å². The molecule has 0 radical (unpaired) electrons. The number of aromatic nitrogens is 4. The van der Waals surface area contributed by atoms with Crippen molar-refractivity contribution in [3.63, 3.8) is 0 Å². The molecule has 85 heavy (non-hydrogen) atoms. The number of anilines is 2. The van der Waals surface area contributed by atoms with E-state index >= 15 is 4.79 Å². The zero-order chi connectivity index (χ0) is 59.6. The Kier molecular flexibility index (Phi) is 24.5. The molecule has 3 aromatic carbocycles. The number of nitrogens with zero attached hydrogens (tertiary/aromatic N) is 7. The number of hydrogen-bond acceptors (Lipinski definition) is 11. The van der Waals surface area contributed by atoms with Crippen LogP contribution in [-0.2, 0) is 65.6 Å². The summed E-state index contributed by atoms with van der Waals surface area (Å²) in [5, 5.41) is 16.3. The van der Waals surface area contributed by atoms with Gasteiger partial charge in [0.25, 0.3) is 0 Å². The topological polar surface area (TPSA) is 183 Å². The van der Waals surface area contributed by atoms with Crippen molar-refractivity contribution < 1.29 is 29.0 Å². The number of unbranched alkanes of at least 4 members (excludes halogenated alkanes) is 5. The first kappa shape index (κ1) is 63.2. The molecule has 4 heterocycles. The maximum Gasteiger partial charge on any atom is 0.335 e. The molecule has 3 amide bonds. The molecule has 1 saturated carbocycles. The third kappa shape index (κ3) is 20.1. The van der Waals surface area contributed by atoms with Crippen LogP contribution < -0.4 is 15.4 Å². The van der Waals surface area contributed by atoms with E-state index in [1.165, 1.54) is 0 Å². The molecule has 0 aliphatic heterocycles. The van der Waals surface area contributed by atoms with Crippen LogP contribution in [0.5, 0.6) is 5.75 Å². The highest BCUT2D eigenvalue weighted by Crippen LogP contribution is 2.42. The minimum atomic E-state index is -0.997. The zero-order valence-electron chi connectivity index (χ0n) is 49.4. The van der Waals surface area contributed by atoms with Crippen molar-refractivity contribution in [3.8, 4) is 5.75 Å². The minimum Gasteiger partial charge on any atom is -0.494 e. The maximum absolute atomic E-state index is 15.2. The van der Waals surface area contributed by atoms with E-state index < -0.39 is 11.4 Å². The monoisotopic (exact) mass is 1170 g/mol. The lowest BCUT2D eigenvalue weighted by Gasteiger charge is -2.40. The van der Waals surface area contributed by atoms with E-state index in [-0.39, 0.29) is 23.3 Å². The van der Waals surface area contributed by atoms with E-state index in [1.807, 2.05) is 102 Å². The third-order valence-electron chi connectivity index (χ3n) is 15.5. The average Bonchev–Trinajstić information content (AvgIpc) is 3.70. The number of benzene rings is 3. The molecule has 8 rings (SSSR count). The van der Waals surface area contributed by atoms with Gasteiger partial charge in [-0.25, -0.2) is 14.8 Å². The van der Waals surface area contributed by atoms with Gasteiger partial charge in [0.2, 0.25) is 17.7 Å². The van der Waals surface area contributed by atoms with Crippen LogP contribution >= 0.6 is 11.6 Å². The Morgan fingerprint density at radius 1 is 0.553 bits per heavy atom. The molecule has 16 heteroatoms. The predicted octanol–water partition coefficient (Wildman–Crippen LogP) is 14.2. The molecule has 7 aromatic rings. The second kappa shape index (κ2) is 33.0. The number of amides is 3. The molecule has 1 aliphatic carbocycles. The van der Waals surface area contributed by atoms with Gasteiger partial charge >= 0.3 is 5.97 Å². The van der Waals surface area contributed by atoms with Gasteiger partial charge in [-0.15, -0.1) is 0 Å². The predicted molar refractivity (Wildman–Crippen MR) is 335 cm³/mol. The number of carbonyl (C=O) groups is 4. The van der Waals surface area contributed by atoms with Crippen LogP contribution in [0, 0.1) is 0 Å². The Labute approximate surface area is 506 Å². The summed E-state index contributed by atoms with van der Waals surface area (Å²) in [4.78, 5) is 78.6. The number of carboxylic acid groups (broad SMARTS) is 1. The quantitative estimate of drug-likeness (QED) is 0.0332. The van der Waals surface area contributed by atoms with Gasteiger partial charge in [0.05, 0.1) is 40.4 Å². The highest BCUT2D eigenvalue weighted by atomic mass is 35.5. The highest BCUT2D eigenvalue weighted by Gasteiger charge is 2.43. The molecule has 446 valence electrons. The fourth-order valence-electron chi connectivity index (χ4n) is 11.2. The Bertz CT molecular complexity index is 3080. The van der Waals surface area contributed by atoms with E-state index in [4.69, 9.17) is 36.3 Å². The van der Waals surface area contributed by atoms with E-state index in [1.54, 1.807) is 36.7 Å². The van der Waals surface area contributed by atoms with Crippen molar-refractivity contribution in [2.45, 2.75) is 161 Å². The lowest BCUT2D eigenvalue weighted by Crippen LogP contribution is -2.48. The summed E-state index contributed by atoms with van der Waals surface area (Å²) in [6, 6.07) is 44.3. The number of hydrogen-bond donors (Lipinski definition) is 3. The van der Waals surface area contributed by atoms with E-state index in [0.717, 1.165) is 116 Å². The molecule has 0 atom stereocenters. The lowest BCUT2D eigenvalue weighted by atomic mass is 9.68. The summed E-state index contributed by atoms with van der Waals surface area (Å²) < 4.78 is 6.77. The van der Waals surface area contributed by atoms with Crippen molar-refractivity contribution in [2.24, 2.45) is 0 Å². The fraction of sp³-hybridized carbons (Fsp3) is 0.391. The van der Waals surface area contributed by atoms with E-state index in [0.29, 0.717) is 107 Å². The Morgan fingerprint density at radius 3 is 1.59 bits per heavy atom. The van der Waals surface area contributed by atoms with Gasteiger partial charge in [0.15, 0.2) is 0 Å². The second-order valence-corrected chi connectivity index (χ2v) is 22.8. The molecule has 0 saturated heterocycles. The van der Waals surface area contributed by atoms with Crippen LogP contribution in [0.1, 0.15) is 166 Å². The lowest BCUT2D eigenvalue weighted by molar-refractivity contribution is -0.139. The summed E-state index contributed by atoms with van der Waals surface area (Å²) in [6.07, 6.45) is 16.0. The van der Waals surface area contributed by atoms with Crippen LogP contribution in [0.2, 0.25) is 5.02 Å². The van der Waals surface area contributed by atoms with Gasteiger partial charge in [-0.1, -0.05) is 125 Å². The number of aromatic carboxylic acids is 1. The van der Waals surface area contributed by atoms with Crippen LogP contribution in [0.3, 0.4) is 0 Å². The number of carboxylic acids is 1. The summed E-state index contributed by atoms with van der Waals surface area (Å²) in [7, 11) is 0. The second-order valence-electron chi connectivity index (χ2n) is 22.4. The van der Waals surface area contributed by atoms with Gasteiger partial charge in [-0.05, 0) is 146 Å². The van der Waals surface area contributed by atoms with Gasteiger partial charge in [0.1, 0.15) is 17.4 Å². The molecule has 0 spiro atoms. The summed E-state index contributed by atoms with van der Waals surface area (Å²) in [5.41, 5.74) is 6.76. The van der Waals surface area contributed by atoms with Crippen molar-refractivity contribution in [1.82, 2.24) is 34.6 Å². The molecule has 0 bridgehead atoms. The first-order valence-corrected chi connectivity index (χ1v) is 30.7. The van der Waals surface area contributed by atoms with E-state index in [9.17, 15) is 19.5 Å². The Hall–Kier alpha value is -7.85. The molecular formula is C69H82ClN9O6. The summed E-state index contributed by atoms with van der Waals surface area (Å²) >= 11 is 6.38. The smallest absolute Gasteiger partial charge is 0.335 e. The SMILES string of the molecule is CCCCCC(=O)Nc1cccc(CN(Cc2cc(CN(Cc3ccccn3)Cc3cccc(NC(=O)CCCCC)n3)cc(OCCCCN(Cc3ccc(C(=O)O)cc3)C(=O)C3(c4ccc(Cl)cc4)CCCCC3)c2)Cc2ccccn2)n1. The van der Waals surface area contributed by atoms with Gasteiger partial charge in [0, 0.05) is 82.6 Å². The normalized spacial score (nSPS) is 12.9. The number of pyridine rings is 4. The number of nitrogens with one attached hydrogen (secondary N) is 2. The number of carbonyl (C=O) groups excluding carboxylic acids is 3. The zero-order valence-corrected chi connectivity index (χ0v) is 50.2. The van der Waals surface area contributed by atoms with Crippen LogP contribution in [0.4, 0.5) is 11.6 Å². The third-order valence-corrected chi connectivity index (χ3v) is 15.7. The van der Waals surface area contributed by atoms with Crippen molar-refractivity contribution in [2.75, 3.05) is 23.8 Å². The molecule has 4 aromatic heterocycles. The largest absolute Gasteiger partial charge is 0.494 e. The van der Waals surface area contributed by atoms with Gasteiger partial charge in [-0.2, -0.15) is 0 Å². The minimum absolute atomic E-state index is 0.0458. The van der Waals surface area contributed by atoms with Crippen LogP contribution in [-0.4, -0.2) is 76.6 Å². The average molecular weight is 1170 g/mol. The summed E-state index contributed by atoms with van der Waals surface area (Å²) in [5.74, 6) is 0.732. The molecular weight excluding hydrogens is 1090 g/mol. The highest BCUT2D eigenvalue weighted by molar-refractivity contribution is 6.30. The standard InChI is InChI=1S/C69H82ClN9O6/c1-3-5-8-26-65(80)75-63-24-18-22-60(73-63)50-77(48-58-20-10-14-38-71-58)45-53-42-54(46-78(49-59-21-11-15-39-72-59)51-61-23-19-25-64(74-61)76-66(81)27-9-6-4-2)44-62(43-53)85-41-17-16-40-79(47-52-28-30-55(31-29-52)67(82)83)68(84)69(36-12-7-13-37-69)56-32-34-57(70)35-33-56/h10-11,14-15,18-25,28-35,38-39,42-44H,3-9,12-13,16-17,26-27,36-37,40-41,45-51H2,1-2H3,(H,82,83)(H,73,75,80)(H,74,76,81). The maximum atomic E-state index is 15.2. The first-order valence-electron chi connectivity index (χ1n) is 30.3. The molecule has 3 N–H and O–H groups in total. The van der Waals surface area contributed by atoms with E-state index in [2.05, 4.69) is 52.5 Å². The van der Waals surface area contributed by atoms with Crippen molar-refractivity contribution in [3.05, 3.63) is 208 Å². The van der Waals surface area contributed by atoms with Crippen molar-refractivity contribution >= 4 is 46.9 Å². The number of ether oxygens (including phenoxy) is 1. The molecule has 0 unspecified atom stereocenters. The van der Waals surface area contributed by atoms with Crippen LogP contribution in [0.15, 0.2) is 152 Å². The van der Waals surface area contributed by atoms with Crippen molar-refractivity contribution in [1.29, 1.82) is 0 Å². The first-order chi connectivity index (χ1) is 41.4. The molecule has 1 aliphatic rings. The Morgan fingerprint density at radius 2 is 1.08 bits per heavy atom. The van der Waals surface area contributed by atoms with Gasteiger partial charge < -0.3 is 25.4 Å². The summed E-state index contributed by atoms with van der Waals surface area (Å²) in [6.45, 7) is 8.46.